The van der Waals surface area contributed by atoms with Gasteiger partial charge in [0.25, 0.3) is 0 Å². The summed E-state index contributed by atoms with van der Waals surface area (Å²) in [5.41, 5.74) is 2.11. The Morgan fingerprint density at radius 3 is 2.50 bits per heavy atom. The van der Waals surface area contributed by atoms with Crippen molar-refractivity contribution in [3.05, 3.63) is 83.4 Å². The van der Waals surface area contributed by atoms with Gasteiger partial charge in [0, 0.05) is 18.0 Å². The van der Waals surface area contributed by atoms with E-state index >= 15 is 0 Å². The van der Waals surface area contributed by atoms with E-state index in [9.17, 15) is 9.18 Å². The largest absolute Gasteiger partial charge is 0.493 e. The van der Waals surface area contributed by atoms with Crippen LogP contribution in [0.15, 0.2) is 65.8 Å². The molecule has 2 aromatic carbocycles. The molecule has 1 aromatic heterocycles. The third kappa shape index (κ3) is 3.07. The second-order valence-corrected chi connectivity index (χ2v) is 6.49. The van der Waals surface area contributed by atoms with Gasteiger partial charge in [0.05, 0.1) is 19.9 Å². The van der Waals surface area contributed by atoms with Crippen LogP contribution in [0.2, 0.25) is 0 Å². The maximum absolute atomic E-state index is 13.4. The molecule has 0 radical (unpaired) electrons. The summed E-state index contributed by atoms with van der Waals surface area (Å²) in [6.45, 7) is 0. The van der Waals surface area contributed by atoms with Crippen LogP contribution >= 0.6 is 0 Å². The molecule has 6 heteroatoms. The second kappa shape index (κ2) is 7.31. The van der Waals surface area contributed by atoms with Crippen molar-refractivity contribution in [2.75, 3.05) is 14.2 Å². The molecule has 0 spiro atoms. The fourth-order valence-electron chi connectivity index (χ4n) is 3.52. The first-order valence-corrected chi connectivity index (χ1v) is 8.84. The molecule has 0 amide bonds. The number of aliphatic imine (C=N–C) groups is 1. The van der Waals surface area contributed by atoms with Crippen molar-refractivity contribution in [2.45, 2.75) is 12.1 Å². The van der Waals surface area contributed by atoms with Crippen molar-refractivity contribution in [1.29, 1.82) is 0 Å². The average Bonchev–Trinajstić information content (AvgIpc) is 3.21. The van der Waals surface area contributed by atoms with Gasteiger partial charge >= 0.3 is 0 Å². The van der Waals surface area contributed by atoms with Gasteiger partial charge in [-0.25, -0.2) is 4.39 Å². The highest BCUT2D eigenvalue weighted by Crippen LogP contribution is 2.39. The van der Waals surface area contributed by atoms with Crippen molar-refractivity contribution < 1.29 is 18.7 Å². The number of benzene rings is 2. The third-order valence-corrected chi connectivity index (χ3v) is 4.92. The molecule has 3 aromatic rings. The van der Waals surface area contributed by atoms with Crippen LogP contribution in [0, 0.1) is 5.82 Å². The number of hydrogen-bond acceptors (Lipinski definition) is 4. The maximum atomic E-state index is 13.4. The molecule has 0 saturated carbocycles. The molecule has 0 aliphatic carbocycles. The lowest BCUT2D eigenvalue weighted by atomic mass is 9.91. The maximum Gasteiger partial charge on any atom is 0.188 e. The van der Waals surface area contributed by atoms with E-state index < -0.39 is 12.1 Å². The van der Waals surface area contributed by atoms with Crippen LogP contribution in [0.3, 0.4) is 0 Å². The van der Waals surface area contributed by atoms with Gasteiger partial charge in [-0.15, -0.1) is 0 Å². The molecule has 4 rings (SSSR count). The summed E-state index contributed by atoms with van der Waals surface area (Å²) in [4.78, 5) is 18.0. The molecule has 0 N–H and O–H groups in total. The number of rotatable bonds is 5. The molecule has 28 heavy (non-hydrogen) atoms. The molecule has 1 aliphatic rings. The molecular formula is C22H19FN2O3. The minimum Gasteiger partial charge on any atom is -0.493 e. The Labute approximate surface area is 162 Å². The lowest BCUT2D eigenvalue weighted by Crippen LogP contribution is -2.29. The second-order valence-electron chi connectivity index (χ2n) is 6.49. The molecule has 2 heterocycles. The average molecular weight is 378 g/mol. The number of carbonyl (C=O) groups is 1. The van der Waals surface area contributed by atoms with Crippen LogP contribution < -0.4 is 9.47 Å². The van der Waals surface area contributed by atoms with Crippen molar-refractivity contribution >= 4 is 12.0 Å². The summed E-state index contributed by atoms with van der Waals surface area (Å²) in [7, 11) is 3.14. The summed E-state index contributed by atoms with van der Waals surface area (Å²) >= 11 is 0. The smallest absolute Gasteiger partial charge is 0.188 e. The molecule has 5 nitrogen and oxygen atoms in total. The number of carbonyl (C=O) groups excluding carboxylic acids is 1. The minimum atomic E-state index is -0.585. The van der Waals surface area contributed by atoms with Crippen LogP contribution in [0.5, 0.6) is 11.5 Å². The van der Waals surface area contributed by atoms with Crippen LogP contribution in [-0.4, -0.2) is 30.8 Å². The summed E-state index contributed by atoms with van der Waals surface area (Å²) in [6.07, 6.45) is 3.62. The van der Waals surface area contributed by atoms with Gasteiger partial charge in [0.15, 0.2) is 17.3 Å². The number of nitrogens with zero attached hydrogens (tertiary/aromatic N) is 2. The summed E-state index contributed by atoms with van der Waals surface area (Å²) in [5, 5.41) is 0. The number of ketones is 1. The SMILES string of the molecule is COc1ccc([C@H]2N=Cc3cccn3[C@@H]2C(=O)c2ccc(F)cc2)cc1OC. The van der Waals surface area contributed by atoms with Crippen LogP contribution in [0.25, 0.3) is 0 Å². The van der Waals surface area contributed by atoms with E-state index in [4.69, 9.17) is 9.47 Å². The number of halogens is 1. The van der Waals surface area contributed by atoms with Gasteiger partial charge in [-0.2, -0.15) is 0 Å². The summed E-state index contributed by atoms with van der Waals surface area (Å²) in [5.74, 6) is 0.668. The fourth-order valence-corrected chi connectivity index (χ4v) is 3.52. The van der Waals surface area contributed by atoms with E-state index in [-0.39, 0.29) is 11.6 Å². The van der Waals surface area contributed by atoms with Gasteiger partial charge in [0.2, 0.25) is 0 Å². The number of ether oxygens (including phenoxy) is 2. The molecule has 1 aliphatic heterocycles. The first-order chi connectivity index (χ1) is 13.6. The third-order valence-electron chi connectivity index (χ3n) is 4.92. The Hall–Kier alpha value is -3.41. The monoisotopic (exact) mass is 378 g/mol. The number of hydrogen-bond donors (Lipinski definition) is 0. The van der Waals surface area contributed by atoms with Gasteiger partial charge in [0.1, 0.15) is 17.9 Å². The lowest BCUT2D eigenvalue weighted by molar-refractivity contribution is 0.0905. The first kappa shape index (κ1) is 18.0. The number of methoxy groups -OCH3 is 2. The number of fused-ring (bicyclic) bond motifs is 1. The highest BCUT2D eigenvalue weighted by atomic mass is 19.1. The van der Waals surface area contributed by atoms with E-state index in [0.717, 1.165) is 11.3 Å². The molecule has 2 atom stereocenters. The molecular weight excluding hydrogens is 359 g/mol. The number of aromatic nitrogens is 1. The van der Waals surface area contributed by atoms with Crippen LogP contribution in [0.4, 0.5) is 4.39 Å². The molecule has 0 unspecified atom stereocenters. The van der Waals surface area contributed by atoms with E-state index in [1.54, 1.807) is 26.5 Å². The zero-order valence-corrected chi connectivity index (χ0v) is 15.5. The highest BCUT2D eigenvalue weighted by Gasteiger charge is 2.35. The van der Waals surface area contributed by atoms with Gasteiger partial charge < -0.3 is 14.0 Å². The van der Waals surface area contributed by atoms with Crippen LogP contribution in [-0.2, 0) is 0 Å². The van der Waals surface area contributed by atoms with Crippen molar-refractivity contribution in [1.82, 2.24) is 4.57 Å². The van der Waals surface area contributed by atoms with Crippen LogP contribution in [0.1, 0.15) is 33.7 Å². The first-order valence-electron chi connectivity index (χ1n) is 8.84. The topological polar surface area (TPSA) is 52.8 Å². The van der Waals surface area contributed by atoms with Gasteiger partial charge in [-0.05, 0) is 54.1 Å². The predicted molar refractivity (Wildman–Crippen MR) is 104 cm³/mol. The van der Waals surface area contributed by atoms with E-state index in [1.807, 2.05) is 35.0 Å². The Balaban J connectivity index is 1.79. The zero-order valence-electron chi connectivity index (χ0n) is 15.5. The zero-order chi connectivity index (χ0) is 19.7. The Bertz CT molecular complexity index is 1040. The van der Waals surface area contributed by atoms with E-state index in [1.165, 1.54) is 24.3 Å². The molecule has 0 saturated heterocycles. The quantitative estimate of drug-likeness (QED) is 0.624. The van der Waals surface area contributed by atoms with Gasteiger partial charge in [-0.3, -0.25) is 9.79 Å². The van der Waals surface area contributed by atoms with Gasteiger partial charge in [-0.1, -0.05) is 6.07 Å². The van der Waals surface area contributed by atoms with E-state index in [2.05, 4.69) is 4.99 Å². The predicted octanol–water partition coefficient (Wildman–Crippen LogP) is 4.24. The Morgan fingerprint density at radius 2 is 1.79 bits per heavy atom. The Kier molecular flexibility index (Phi) is 4.69. The lowest BCUT2D eigenvalue weighted by Gasteiger charge is -2.29. The molecule has 0 bridgehead atoms. The standard InChI is InChI=1S/C22H19FN2O3/c1-27-18-10-7-15(12-19(18)28-2)20-21(25-11-3-4-17(25)13-24-20)22(26)14-5-8-16(23)9-6-14/h3-13,20-21H,1-2H3/t20-,21+/m1/s1. The molecule has 0 fully saturated rings. The Morgan fingerprint density at radius 1 is 1.04 bits per heavy atom. The molecule has 142 valence electrons. The normalized spacial score (nSPS) is 17.8. The number of Topliss-reactive ketones (excluding diaryl/α,β-unsaturated/α-hetero) is 1. The highest BCUT2D eigenvalue weighted by molar-refractivity contribution is 6.00. The fraction of sp³-hybridized carbons (Fsp3) is 0.182. The van der Waals surface area contributed by atoms with Crippen molar-refractivity contribution in [3.63, 3.8) is 0 Å². The summed E-state index contributed by atoms with van der Waals surface area (Å²) in [6, 6.07) is 13.9. The minimum absolute atomic E-state index is 0.130. The van der Waals surface area contributed by atoms with E-state index in [0.29, 0.717) is 17.1 Å². The van der Waals surface area contributed by atoms with Crippen molar-refractivity contribution in [3.8, 4) is 11.5 Å². The summed E-state index contributed by atoms with van der Waals surface area (Å²) < 4.78 is 25.9. The van der Waals surface area contributed by atoms with Crippen molar-refractivity contribution in [2.24, 2.45) is 4.99 Å².